The Morgan fingerprint density at radius 2 is 2.00 bits per heavy atom. The van der Waals surface area contributed by atoms with Crippen molar-refractivity contribution in [2.24, 2.45) is 0 Å². The maximum atomic E-state index is 13.2. The van der Waals surface area contributed by atoms with Gasteiger partial charge in [-0.15, -0.1) is 0 Å². The number of rotatable bonds is 4. The summed E-state index contributed by atoms with van der Waals surface area (Å²) in [5, 5.41) is 6.74. The summed E-state index contributed by atoms with van der Waals surface area (Å²) in [6.45, 7) is 4.10. The second-order valence-electron chi connectivity index (χ2n) is 6.06. The highest BCUT2D eigenvalue weighted by atomic mass is 32.1. The number of thiocarbonyl (C=S) groups is 1. The largest absolute Gasteiger partial charge is 0.493 e. The number of nitrogens with zero attached hydrogens (tertiary/aromatic N) is 1. The predicted octanol–water partition coefficient (Wildman–Crippen LogP) is 1.36. The van der Waals surface area contributed by atoms with Gasteiger partial charge in [0.1, 0.15) is 0 Å². The van der Waals surface area contributed by atoms with Gasteiger partial charge in [-0.1, -0.05) is 12.1 Å². The molecule has 1 saturated heterocycles. The fraction of sp³-hybridized carbons (Fsp3) is 0.444. The summed E-state index contributed by atoms with van der Waals surface area (Å²) in [5.74, 6) is 1.15. The van der Waals surface area contributed by atoms with Crippen molar-refractivity contribution in [1.29, 1.82) is 0 Å². The van der Waals surface area contributed by atoms with Crippen LogP contribution in [-0.2, 0) is 9.53 Å². The van der Waals surface area contributed by atoms with Crippen LogP contribution in [0.4, 0.5) is 0 Å². The Morgan fingerprint density at radius 1 is 1.27 bits per heavy atom. The first-order valence-corrected chi connectivity index (χ1v) is 8.83. The first-order chi connectivity index (χ1) is 12.6. The van der Waals surface area contributed by atoms with E-state index in [1.807, 2.05) is 25.1 Å². The molecule has 2 N–H and O–H groups in total. The van der Waals surface area contributed by atoms with Crippen LogP contribution in [-0.4, -0.2) is 56.4 Å². The van der Waals surface area contributed by atoms with E-state index >= 15 is 0 Å². The summed E-state index contributed by atoms with van der Waals surface area (Å²) in [4.78, 5) is 15.0. The van der Waals surface area contributed by atoms with Crippen molar-refractivity contribution in [3.8, 4) is 11.5 Å². The number of para-hydroxylation sites is 1. The molecule has 1 amide bonds. The lowest BCUT2D eigenvalue weighted by Crippen LogP contribution is -2.49. The predicted molar refractivity (Wildman–Crippen MR) is 101 cm³/mol. The second kappa shape index (κ2) is 7.92. The molecule has 7 nitrogen and oxygen atoms in total. The van der Waals surface area contributed by atoms with Gasteiger partial charge >= 0.3 is 0 Å². The molecular weight excluding hydrogens is 354 g/mol. The number of morpholine rings is 1. The maximum Gasteiger partial charge on any atom is 0.254 e. The normalized spacial score (nSPS) is 20.3. The van der Waals surface area contributed by atoms with E-state index in [1.54, 1.807) is 19.1 Å². The van der Waals surface area contributed by atoms with E-state index in [0.717, 1.165) is 11.3 Å². The molecule has 2 aliphatic heterocycles. The number of allylic oxidation sites excluding steroid dienone is 1. The molecule has 2 aliphatic rings. The zero-order chi connectivity index (χ0) is 18.7. The van der Waals surface area contributed by atoms with Gasteiger partial charge in [0.15, 0.2) is 16.6 Å². The Labute approximate surface area is 158 Å². The number of benzene rings is 1. The molecular formula is C18H23N3O4S. The van der Waals surface area contributed by atoms with Crippen LogP contribution < -0.4 is 20.1 Å². The van der Waals surface area contributed by atoms with Crippen LogP contribution in [0.25, 0.3) is 0 Å². The Kier molecular flexibility index (Phi) is 5.63. The molecule has 3 rings (SSSR count). The molecule has 1 aromatic carbocycles. The molecule has 2 heterocycles. The third-order valence-corrected chi connectivity index (χ3v) is 4.76. The number of hydrogen-bond acceptors (Lipinski definition) is 5. The summed E-state index contributed by atoms with van der Waals surface area (Å²) >= 11 is 5.32. The molecule has 0 saturated carbocycles. The highest BCUT2D eigenvalue weighted by Gasteiger charge is 2.35. The minimum Gasteiger partial charge on any atom is -0.493 e. The van der Waals surface area contributed by atoms with Gasteiger partial charge in [-0.2, -0.15) is 0 Å². The Morgan fingerprint density at radius 3 is 2.65 bits per heavy atom. The third-order valence-electron chi connectivity index (χ3n) is 4.54. The Hall–Kier alpha value is -2.32. The first kappa shape index (κ1) is 18.5. The summed E-state index contributed by atoms with van der Waals surface area (Å²) in [6.07, 6.45) is 0. The molecule has 0 radical (unpaired) electrons. The van der Waals surface area contributed by atoms with E-state index in [2.05, 4.69) is 10.6 Å². The van der Waals surface area contributed by atoms with Crippen molar-refractivity contribution >= 4 is 23.2 Å². The van der Waals surface area contributed by atoms with Gasteiger partial charge in [0.25, 0.3) is 5.91 Å². The molecule has 0 unspecified atom stereocenters. The van der Waals surface area contributed by atoms with Crippen LogP contribution in [0.2, 0.25) is 0 Å². The standard InChI is InChI=1S/C18H23N3O4S/c1-11-14(17(22)21-7-9-25-10-8-21)15(20-18(26)19-11)12-5-4-6-13(23-2)16(12)24-3/h4-6,15H,7-10H2,1-3H3,(H2,19,20,26)/t15-/m1/s1. The highest BCUT2D eigenvalue weighted by Crippen LogP contribution is 2.39. The number of hydrogen-bond donors (Lipinski definition) is 2. The molecule has 140 valence electrons. The van der Waals surface area contributed by atoms with E-state index in [4.69, 9.17) is 26.4 Å². The number of methoxy groups -OCH3 is 2. The van der Waals surface area contributed by atoms with E-state index in [-0.39, 0.29) is 5.91 Å². The van der Waals surface area contributed by atoms with Crippen molar-refractivity contribution in [3.63, 3.8) is 0 Å². The van der Waals surface area contributed by atoms with Gasteiger partial charge in [0.2, 0.25) is 0 Å². The zero-order valence-corrected chi connectivity index (χ0v) is 15.9. The van der Waals surface area contributed by atoms with Gasteiger partial charge in [-0.25, -0.2) is 0 Å². The number of nitrogens with one attached hydrogen (secondary N) is 2. The summed E-state index contributed by atoms with van der Waals surface area (Å²) in [6, 6.07) is 5.17. The minimum atomic E-state index is -0.427. The van der Waals surface area contributed by atoms with Gasteiger partial charge < -0.3 is 29.7 Å². The number of ether oxygens (including phenoxy) is 3. The van der Waals surface area contributed by atoms with Crippen molar-refractivity contribution in [2.45, 2.75) is 13.0 Å². The van der Waals surface area contributed by atoms with E-state index in [1.165, 1.54) is 0 Å². The molecule has 8 heteroatoms. The molecule has 0 aliphatic carbocycles. The monoisotopic (exact) mass is 377 g/mol. The van der Waals surface area contributed by atoms with E-state index in [0.29, 0.717) is 48.5 Å². The number of carbonyl (C=O) groups excluding carboxylic acids is 1. The first-order valence-electron chi connectivity index (χ1n) is 8.43. The van der Waals surface area contributed by atoms with Crippen molar-refractivity contribution < 1.29 is 19.0 Å². The Bertz CT molecular complexity index is 744. The van der Waals surface area contributed by atoms with Gasteiger partial charge in [0.05, 0.1) is 39.0 Å². The lowest BCUT2D eigenvalue weighted by atomic mass is 9.93. The SMILES string of the molecule is COc1cccc([C@H]2NC(=S)NC(C)=C2C(=O)N2CCOCC2)c1OC. The molecule has 1 aromatic rings. The lowest BCUT2D eigenvalue weighted by molar-refractivity contribution is -0.131. The van der Waals surface area contributed by atoms with Crippen molar-refractivity contribution in [3.05, 3.63) is 35.0 Å². The average molecular weight is 377 g/mol. The summed E-state index contributed by atoms with van der Waals surface area (Å²) in [5.41, 5.74) is 2.15. The topological polar surface area (TPSA) is 72.1 Å². The smallest absolute Gasteiger partial charge is 0.254 e. The number of amides is 1. The minimum absolute atomic E-state index is 0.0387. The molecule has 26 heavy (non-hydrogen) atoms. The summed E-state index contributed by atoms with van der Waals surface area (Å²) < 4.78 is 16.3. The lowest BCUT2D eigenvalue weighted by Gasteiger charge is -2.35. The maximum absolute atomic E-state index is 13.2. The average Bonchev–Trinajstić information content (AvgIpc) is 2.66. The van der Waals surface area contributed by atoms with Crippen LogP contribution >= 0.6 is 12.2 Å². The van der Waals surface area contributed by atoms with Crippen molar-refractivity contribution in [2.75, 3.05) is 40.5 Å². The zero-order valence-electron chi connectivity index (χ0n) is 15.1. The molecule has 0 bridgehead atoms. The third kappa shape index (κ3) is 3.47. The van der Waals surface area contributed by atoms with Crippen LogP contribution in [0.5, 0.6) is 11.5 Å². The van der Waals surface area contributed by atoms with Crippen LogP contribution in [0, 0.1) is 0 Å². The molecule has 1 fully saturated rings. The fourth-order valence-electron chi connectivity index (χ4n) is 3.29. The van der Waals surface area contributed by atoms with Gasteiger partial charge in [-0.05, 0) is 25.2 Å². The van der Waals surface area contributed by atoms with Crippen LogP contribution in [0.3, 0.4) is 0 Å². The summed E-state index contributed by atoms with van der Waals surface area (Å²) in [7, 11) is 3.17. The second-order valence-corrected chi connectivity index (χ2v) is 6.47. The van der Waals surface area contributed by atoms with Gasteiger partial charge in [-0.3, -0.25) is 4.79 Å². The van der Waals surface area contributed by atoms with Crippen LogP contribution in [0.1, 0.15) is 18.5 Å². The highest BCUT2D eigenvalue weighted by molar-refractivity contribution is 7.80. The number of carbonyl (C=O) groups is 1. The Balaban J connectivity index is 2.05. The quantitative estimate of drug-likeness (QED) is 0.768. The molecule has 0 spiro atoms. The van der Waals surface area contributed by atoms with E-state index < -0.39 is 6.04 Å². The van der Waals surface area contributed by atoms with Crippen LogP contribution in [0.15, 0.2) is 29.5 Å². The molecule has 1 atom stereocenters. The fourth-order valence-corrected chi connectivity index (χ4v) is 3.56. The van der Waals surface area contributed by atoms with E-state index in [9.17, 15) is 4.79 Å². The molecule has 0 aromatic heterocycles. The van der Waals surface area contributed by atoms with Crippen molar-refractivity contribution in [1.82, 2.24) is 15.5 Å². The van der Waals surface area contributed by atoms with Gasteiger partial charge in [0, 0.05) is 24.4 Å².